The fraction of sp³-hybridized carbons (Fsp3) is 0.278. The second kappa shape index (κ2) is 7.89. The molecule has 3 rings (SSSR count). The fourth-order valence-corrected chi connectivity index (χ4v) is 3.23. The Morgan fingerprint density at radius 2 is 2.04 bits per heavy atom. The number of amides is 1. The van der Waals surface area contributed by atoms with Crippen LogP contribution in [0.15, 0.2) is 52.5 Å². The van der Waals surface area contributed by atoms with Crippen LogP contribution in [0.4, 0.5) is 0 Å². The van der Waals surface area contributed by atoms with E-state index in [2.05, 4.69) is 10.3 Å². The lowest BCUT2D eigenvalue weighted by Gasteiger charge is -2.14. The number of pyridine rings is 1. The molecule has 0 saturated heterocycles. The summed E-state index contributed by atoms with van der Waals surface area (Å²) in [6.45, 7) is 1.56. The third kappa shape index (κ3) is 4.74. The van der Waals surface area contributed by atoms with Gasteiger partial charge in [-0.25, -0.2) is 9.78 Å². The van der Waals surface area contributed by atoms with Gasteiger partial charge in [0.15, 0.2) is 6.10 Å². The standard InChI is InChI=1S/C18H17ClN2O3S/c1-11(16(22)21-12-8-9-12)24-18(23)13-5-4-10-20-17(13)25-15-7-3-2-6-14(15)19/h2-7,10-12H,8-9H2,1H3,(H,21,22)/t11-/m0/s1. The van der Waals surface area contributed by atoms with Gasteiger partial charge in [-0.05, 0) is 44.0 Å². The van der Waals surface area contributed by atoms with Crippen molar-refractivity contribution in [3.05, 3.63) is 53.2 Å². The highest BCUT2D eigenvalue weighted by molar-refractivity contribution is 7.99. The first kappa shape index (κ1) is 17.8. The van der Waals surface area contributed by atoms with E-state index in [0.717, 1.165) is 17.7 Å². The molecule has 0 spiro atoms. The van der Waals surface area contributed by atoms with Gasteiger partial charge in [0.1, 0.15) is 5.03 Å². The van der Waals surface area contributed by atoms with Crippen LogP contribution in [0.2, 0.25) is 5.02 Å². The molecule has 1 aliphatic rings. The molecule has 5 nitrogen and oxygen atoms in total. The van der Waals surface area contributed by atoms with Gasteiger partial charge < -0.3 is 10.1 Å². The highest BCUT2D eigenvalue weighted by atomic mass is 35.5. The summed E-state index contributed by atoms with van der Waals surface area (Å²) in [5.74, 6) is -0.860. The van der Waals surface area contributed by atoms with E-state index in [1.807, 2.05) is 18.2 Å². The number of halogens is 1. The first-order chi connectivity index (χ1) is 12.0. The number of benzene rings is 1. The number of hydrogen-bond donors (Lipinski definition) is 1. The van der Waals surface area contributed by atoms with Gasteiger partial charge in [0, 0.05) is 17.1 Å². The van der Waals surface area contributed by atoms with Crippen molar-refractivity contribution in [2.24, 2.45) is 0 Å². The van der Waals surface area contributed by atoms with Crippen LogP contribution in [-0.2, 0) is 9.53 Å². The SMILES string of the molecule is C[C@H](OC(=O)c1cccnc1Sc1ccccc1Cl)C(=O)NC1CC1. The Kier molecular flexibility index (Phi) is 5.60. The van der Waals surface area contributed by atoms with E-state index >= 15 is 0 Å². The molecule has 1 aromatic carbocycles. The summed E-state index contributed by atoms with van der Waals surface area (Å²) in [4.78, 5) is 29.5. The predicted molar refractivity (Wildman–Crippen MR) is 95.9 cm³/mol. The molecular weight excluding hydrogens is 360 g/mol. The molecule has 0 radical (unpaired) electrons. The molecule has 0 aliphatic heterocycles. The van der Waals surface area contributed by atoms with E-state index in [0.29, 0.717) is 15.6 Å². The highest BCUT2D eigenvalue weighted by Crippen LogP contribution is 2.33. The monoisotopic (exact) mass is 376 g/mol. The molecule has 1 aliphatic carbocycles. The van der Waals surface area contributed by atoms with Gasteiger partial charge >= 0.3 is 5.97 Å². The van der Waals surface area contributed by atoms with Crippen LogP contribution in [0.25, 0.3) is 0 Å². The largest absolute Gasteiger partial charge is 0.449 e. The second-order valence-electron chi connectivity index (χ2n) is 5.72. The second-order valence-corrected chi connectivity index (χ2v) is 7.16. The Hall–Kier alpha value is -2.05. The van der Waals surface area contributed by atoms with E-state index in [-0.39, 0.29) is 11.9 Å². The zero-order chi connectivity index (χ0) is 17.8. The summed E-state index contributed by atoms with van der Waals surface area (Å²) < 4.78 is 5.30. The minimum absolute atomic E-state index is 0.221. The van der Waals surface area contributed by atoms with E-state index in [1.54, 1.807) is 31.3 Å². The normalized spacial score (nSPS) is 14.6. The molecule has 7 heteroatoms. The van der Waals surface area contributed by atoms with Crippen LogP contribution >= 0.6 is 23.4 Å². The van der Waals surface area contributed by atoms with Gasteiger partial charge in [-0.2, -0.15) is 0 Å². The molecule has 1 heterocycles. The molecule has 130 valence electrons. The number of aromatic nitrogens is 1. The van der Waals surface area contributed by atoms with Gasteiger partial charge in [0.05, 0.1) is 10.6 Å². The number of nitrogens with one attached hydrogen (secondary N) is 1. The van der Waals surface area contributed by atoms with Crippen LogP contribution in [0.3, 0.4) is 0 Å². The topological polar surface area (TPSA) is 68.3 Å². The molecule has 1 amide bonds. The van der Waals surface area contributed by atoms with E-state index in [1.165, 1.54) is 11.8 Å². The number of rotatable bonds is 6. The fourth-order valence-electron chi connectivity index (χ4n) is 2.08. The quantitative estimate of drug-likeness (QED) is 0.778. The summed E-state index contributed by atoms with van der Waals surface area (Å²) in [6.07, 6.45) is 2.70. The molecular formula is C18H17ClN2O3S. The van der Waals surface area contributed by atoms with Crippen molar-refractivity contribution in [3.8, 4) is 0 Å². The van der Waals surface area contributed by atoms with Gasteiger partial charge in [-0.1, -0.05) is 35.5 Å². The van der Waals surface area contributed by atoms with Crippen molar-refractivity contribution in [2.75, 3.05) is 0 Å². The lowest BCUT2D eigenvalue weighted by molar-refractivity contribution is -0.129. The highest BCUT2D eigenvalue weighted by Gasteiger charge is 2.28. The predicted octanol–water partition coefficient (Wildman–Crippen LogP) is 3.71. The Bertz CT molecular complexity index is 795. The summed E-state index contributed by atoms with van der Waals surface area (Å²) >= 11 is 7.45. The lowest BCUT2D eigenvalue weighted by Crippen LogP contribution is -2.37. The minimum atomic E-state index is -0.855. The molecule has 1 fully saturated rings. The number of esters is 1. The van der Waals surface area contributed by atoms with Gasteiger partial charge in [0.2, 0.25) is 0 Å². The Morgan fingerprint density at radius 1 is 1.28 bits per heavy atom. The third-order valence-corrected chi connectivity index (χ3v) is 5.15. The molecule has 1 aromatic heterocycles. The first-order valence-electron chi connectivity index (χ1n) is 7.93. The van der Waals surface area contributed by atoms with Gasteiger partial charge in [-0.15, -0.1) is 0 Å². The smallest absolute Gasteiger partial charge is 0.341 e. The number of carbonyl (C=O) groups excluding carboxylic acids is 2. The van der Waals surface area contributed by atoms with Crippen molar-refractivity contribution in [3.63, 3.8) is 0 Å². The van der Waals surface area contributed by atoms with E-state index in [9.17, 15) is 9.59 Å². The van der Waals surface area contributed by atoms with Gasteiger partial charge in [-0.3, -0.25) is 4.79 Å². The molecule has 2 aromatic rings. The van der Waals surface area contributed by atoms with Crippen LogP contribution in [0.1, 0.15) is 30.1 Å². The van der Waals surface area contributed by atoms with E-state index in [4.69, 9.17) is 16.3 Å². The summed E-state index contributed by atoms with van der Waals surface area (Å²) in [5, 5.41) is 3.88. The molecule has 0 unspecified atom stereocenters. The summed E-state index contributed by atoms with van der Waals surface area (Å²) in [6, 6.07) is 10.8. The zero-order valence-corrected chi connectivity index (χ0v) is 15.1. The number of hydrogen-bond acceptors (Lipinski definition) is 5. The van der Waals surface area contributed by atoms with Crippen molar-refractivity contribution < 1.29 is 14.3 Å². The Morgan fingerprint density at radius 3 is 2.76 bits per heavy atom. The van der Waals surface area contributed by atoms with Gasteiger partial charge in [0.25, 0.3) is 5.91 Å². The molecule has 25 heavy (non-hydrogen) atoms. The van der Waals surface area contributed by atoms with Crippen LogP contribution < -0.4 is 5.32 Å². The van der Waals surface area contributed by atoms with Crippen molar-refractivity contribution in [1.82, 2.24) is 10.3 Å². The Labute approximate surface area is 155 Å². The number of carbonyl (C=O) groups is 2. The minimum Gasteiger partial charge on any atom is -0.449 e. The first-order valence-corrected chi connectivity index (χ1v) is 9.13. The average molecular weight is 377 g/mol. The number of nitrogens with zero attached hydrogens (tertiary/aromatic N) is 1. The van der Waals surface area contributed by atoms with Crippen molar-refractivity contribution >= 4 is 35.2 Å². The van der Waals surface area contributed by atoms with Crippen LogP contribution in [0.5, 0.6) is 0 Å². The summed E-state index contributed by atoms with van der Waals surface area (Å²) in [7, 11) is 0. The maximum atomic E-state index is 12.5. The maximum Gasteiger partial charge on any atom is 0.341 e. The third-order valence-electron chi connectivity index (χ3n) is 3.61. The maximum absolute atomic E-state index is 12.5. The molecule has 1 N–H and O–H groups in total. The average Bonchev–Trinajstić information content (AvgIpc) is 3.41. The Balaban J connectivity index is 1.72. The van der Waals surface area contributed by atoms with Crippen LogP contribution in [0, 0.1) is 0 Å². The molecule has 1 atom stereocenters. The van der Waals surface area contributed by atoms with Crippen LogP contribution in [-0.4, -0.2) is 29.0 Å². The number of ether oxygens (including phenoxy) is 1. The van der Waals surface area contributed by atoms with E-state index < -0.39 is 12.1 Å². The molecule has 1 saturated carbocycles. The zero-order valence-electron chi connectivity index (χ0n) is 13.6. The van der Waals surface area contributed by atoms with Crippen molar-refractivity contribution in [1.29, 1.82) is 0 Å². The molecule has 0 bridgehead atoms. The van der Waals surface area contributed by atoms with Crippen molar-refractivity contribution in [2.45, 2.75) is 41.8 Å². The summed E-state index contributed by atoms with van der Waals surface area (Å²) in [5.41, 5.74) is 0.304. The lowest BCUT2D eigenvalue weighted by atomic mass is 10.3.